The predicted octanol–water partition coefficient (Wildman–Crippen LogP) is 2.83. The van der Waals surface area contributed by atoms with Crippen LogP contribution in [0, 0.1) is 10.8 Å². The molecule has 118 valence electrons. The lowest BCUT2D eigenvalue weighted by Gasteiger charge is -2.39. The van der Waals surface area contributed by atoms with Gasteiger partial charge in [0.15, 0.2) is 0 Å². The van der Waals surface area contributed by atoms with E-state index in [1.807, 2.05) is 4.90 Å². The molecule has 1 aromatic carbocycles. The first-order chi connectivity index (χ1) is 10.2. The molecule has 4 heteroatoms. The molecule has 1 saturated heterocycles. The number of primary amides is 1. The van der Waals surface area contributed by atoms with Gasteiger partial charge in [0.1, 0.15) is 0 Å². The molecule has 1 aliphatic heterocycles. The largest absolute Gasteiger partial charge is 0.366 e. The molecule has 0 aromatic heterocycles. The highest BCUT2D eigenvalue weighted by Gasteiger charge is 2.50. The number of nitrogens with two attached hydrogens (primary N) is 1. The van der Waals surface area contributed by atoms with E-state index in [0.717, 1.165) is 19.4 Å². The average Bonchev–Trinajstić information content (AvgIpc) is 2.67. The third-order valence-electron chi connectivity index (χ3n) is 5.09. The Labute approximate surface area is 131 Å². The smallest absolute Gasteiger partial charge is 0.254 e. The van der Waals surface area contributed by atoms with E-state index >= 15 is 0 Å². The molecular formula is C18H24N2O2. The van der Waals surface area contributed by atoms with Crippen LogP contribution in [0.5, 0.6) is 0 Å². The van der Waals surface area contributed by atoms with Crippen molar-refractivity contribution in [3.63, 3.8) is 0 Å². The molecule has 2 N–H and O–H groups in total. The molecule has 2 amide bonds. The van der Waals surface area contributed by atoms with Gasteiger partial charge in [-0.05, 0) is 54.4 Å². The zero-order valence-electron chi connectivity index (χ0n) is 13.6. The van der Waals surface area contributed by atoms with Crippen LogP contribution in [0.3, 0.4) is 0 Å². The monoisotopic (exact) mass is 300 g/mol. The molecule has 4 nitrogen and oxygen atoms in total. The molecule has 1 saturated carbocycles. The van der Waals surface area contributed by atoms with E-state index in [9.17, 15) is 9.59 Å². The van der Waals surface area contributed by atoms with Crippen molar-refractivity contribution in [2.75, 3.05) is 6.54 Å². The van der Waals surface area contributed by atoms with Crippen LogP contribution in [0.15, 0.2) is 24.3 Å². The summed E-state index contributed by atoms with van der Waals surface area (Å²) in [5, 5.41) is 0. The number of rotatable bonds is 2. The van der Waals surface area contributed by atoms with Crippen LogP contribution in [0.2, 0.25) is 0 Å². The quantitative estimate of drug-likeness (QED) is 0.913. The first kappa shape index (κ1) is 15.1. The first-order valence-corrected chi connectivity index (χ1v) is 7.90. The van der Waals surface area contributed by atoms with Gasteiger partial charge in [-0.2, -0.15) is 0 Å². The molecule has 0 radical (unpaired) electrons. The SMILES string of the molecule is CC1(C)CC2CC(C)(CN2C(=O)c2ccc(C(N)=O)cc2)C1. The molecule has 22 heavy (non-hydrogen) atoms. The Kier molecular flexibility index (Phi) is 3.31. The van der Waals surface area contributed by atoms with Gasteiger partial charge >= 0.3 is 0 Å². The highest BCUT2D eigenvalue weighted by molar-refractivity contribution is 5.97. The Morgan fingerprint density at radius 3 is 2.27 bits per heavy atom. The van der Waals surface area contributed by atoms with E-state index < -0.39 is 5.91 Å². The summed E-state index contributed by atoms with van der Waals surface area (Å²) >= 11 is 0. The van der Waals surface area contributed by atoms with E-state index in [1.165, 1.54) is 6.42 Å². The maximum atomic E-state index is 12.8. The minimum Gasteiger partial charge on any atom is -0.366 e. The predicted molar refractivity (Wildman–Crippen MR) is 85.5 cm³/mol. The molecule has 1 aromatic rings. The lowest BCUT2D eigenvalue weighted by molar-refractivity contribution is 0.0707. The summed E-state index contributed by atoms with van der Waals surface area (Å²) in [6, 6.07) is 7.00. The fraction of sp³-hybridized carbons (Fsp3) is 0.556. The number of fused-ring (bicyclic) bond motifs is 2. The van der Waals surface area contributed by atoms with E-state index in [0.29, 0.717) is 22.6 Å². The number of amides is 2. The van der Waals surface area contributed by atoms with Crippen molar-refractivity contribution in [1.29, 1.82) is 0 Å². The number of carbonyl (C=O) groups excluding carboxylic acids is 2. The van der Waals surface area contributed by atoms with Crippen LogP contribution < -0.4 is 5.73 Å². The van der Waals surface area contributed by atoms with Crippen LogP contribution in [-0.2, 0) is 0 Å². The minimum atomic E-state index is -0.467. The van der Waals surface area contributed by atoms with Crippen molar-refractivity contribution >= 4 is 11.8 Å². The second-order valence-electron chi connectivity index (χ2n) is 8.09. The van der Waals surface area contributed by atoms with Gasteiger partial charge in [-0.3, -0.25) is 9.59 Å². The van der Waals surface area contributed by atoms with Crippen LogP contribution in [0.4, 0.5) is 0 Å². The second kappa shape index (κ2) is 4.83. The summed E-state index contributed by atoms with van der Waals surface area (Å²) in [6.45, 7) is 7.72. The average molecular weight is 300 g/mol. The number of hydrogen-bond acceptors (Lipinski definition) is 2. The normalized spacial score (nSPS) is 29.4. The van der Waals surface area contributed by atoms with Gasteiger partial charge in [-0.1, -0.05) is 20.8 Å². The van der Waals surface area contributed by atoms with Crippen LogP contribution in [-0.4, -0.2) is 29.3 Å². The first-order valence-electron chi connectivity index (χ1n) is 7.90. The highest BCUT2D eigenvalue weighted by atomic mass is 16.2. The number of carbonyl (C=O) groups is 2. The van der Waals surface area contributed by atoms with E-state index in [4.69, 9.17) is 5.73 Å². The van der Waals surface area contributed by atoms with Gasteiger partial charge in [0.2, 0.25) is 5.91 Å². The lowest BCUT2D eigenvalue weighted by Crippen LogP contribution is -2.37. The van der Waals surface area contributed by atoms with Gasteiger partial charge in [0.25, 0.3) is 5.91 Å². The standard InChI is InChI=1S/C18H24N2O2/c1-17(2)8-14-9-18(3,10-17)11-20(14)16(22)13-6-4-12(5-7-13)15(19)21/h4-7,14H,8-11H2,1-3H3,(H2,19,21). The Bertz CT molecular complexity index is 620. The fourth-order valence-electron chi connectivity index (χ4n) is 4.64. The zero-order chi connectivity index (χ0) is 16.1. The second-order valence-corrected chi connectivity index (χ2v) is 8.09. The van der Waals surface area contributed by atoms with Crippen LogP contribution >= 0.6 is 0 Å². The zero-order valence-corrected chi connectivity index (χ0v) is 13.6. The topological polar surface area (TPSA) is 63.4 Å². The summed E-state index contributed by atoms with van der Waals surface area (Å²) in [6.07, 6.45) is 3.33. The summed E-state index contributed by atoms with van der Waals surface area (Å²) in [7, 11) is 0. The third-order valence-corrected chi connectivity index (χ3v) is 5.09. The maximum Gasteiger partial charge on any atom is 0.254 e. The third kappa shape index (κ3) is 2.62. The number of hydrogen-bond donors (Lipinski definition) is 1. The number of nitrogens with zero attached hydrogens (tertiary/aromatic N) is 1. The Balaban J connectivity index is 1.83. The molecule has 0 spiro atoms. The lowest BCUT2D eigenvalue weighted by atomic mass is 9.65. The number of likely N-dealkylation sites (tertiary alicyclic amines) is 1. The highest BCUT2D eigenvalue weighted by Crippen LogP contribution is 2.52. The van der Waals surface area contributed by atoms with E-state index in [2.05, 4.69) is 20.8 Å². The molecule has 3 rings (SSSR count). The Morgan fingerprint density at radius 2 is 1.68 bits per heavy atom. The van der Waals surface area contributed by atoms with Crippen molar-refractivity contribution in [3.8, 4) is 0 Å². The van der Waals surface area contributed by atoms with E-state index in [1.54, 1.807) is 24.3 Å². The van der Waals surface area contributed by atoms with E-state index in [-0.39, 0.29) is 11.3 Å². The molecular weight excluding hydrogens is 276 g/mol. The Hall–Kier alpha value is -1.84. The molecule has 2 fully saturated rings. The summed E-state index contributed by atoms with van der Waals surface area (Å²) < 4.78 is 0. The van der Waals surface area contributed by atoms with Gasteiger partial charge in [-0.25, -0.2) is 0 Å². The van der Waals surface area contributed by atoms with Crippen molar-refractivity contribution < 1.29 is 9.59 Å². The summed E-state index contributed by atoms with van der Waals surface area (Å²) in [5.41, 5.74) is 6.84. The van der Waals surface area contributed by atoms with Gasteiger partial charge in [-0.15, -0.1) is 0 Å². The number of benzene rings is 1. The summed E-state index contributed by atoms with van der Waals surface area (Å²) in [4.78, 5) is 26.0. The Morgan fingerprint density at radius 1 is 1.09 bits per heavy atom. The van der Waals surface area contributed by atoms with Gasteiger partial charge in [0.05, 0.1) is 0 Å². The van der Waals surface area contributed by atoms with Crippen molar-refractivity contribution in [2.24, 2.45) is 16.6 Å². The minimum absolute atomic E-state index is 0.0717. The molecule has 1 heterocycles. The van der Waals surface area contributed by atoms with Crippen LogP contribution in [0.25, 0.3) is 0 Å². The van der Waals surface area contributed by atoms with Gasteiger partial charge < -0.3 is 10.6 Å². The van der Waals surface area contributed by atoms with Crippen molar-refractivity contribution in [2.45, 2.75) is 46.1 Å². The molecule has 2 aliphatic rings. The van der Waals surface area contributed by atoms with Crippen molar-refractivity contribution in [1.82, 2.24) is 4.90 Å². The fourth-order valence-corrected chi connectivity index (χ4v) is 4.64. The summed E-state index contributed by atoms with van der Waals surface area (Å²) in [5.74, 6) is -0.396. The van der Waals surface area contributed by atoms with Gasteiger partial charge in [0, 0.05) is 23.7 Å². The molecule has 2 atom stereocenters. The maximum absolute atomic E-state index is 12.8. The van der Waals surface area contributed by atoms with Crippen molar-refractivity contribution in [3.05, 3.63) is 35.4 Å². The van der Waals surface area contributed by atoms with Crippen LogP contribution in [0.1, 0.15) is 60.7 Å². The molecule has 1 aliphatic carbocycles. The molecule has 2 unspecified atom stereocenters. The molecule has 2 bridgehead atoms.